The molecule has 6 heteroatoms. The van der Waals surface area contributed by atoms with Gasteiger partial charge in [0, 0.05) is 0 Å². The number of hydrogen-bond acceptors (Lipinski definition) is 3. The molecule has 1 N–H and O–H groups in total. The summed E-state index contributed by atoms with van der Waals surface area (Å²) in [5.41, 5.74) is 1.04. The molecule has 3 nitrogen and oxygen atoms in total. The Kier molecular flexibility index (Phi) is 5.04. The third-order valence-corrected chi connectivity index (χ3v) is 3.51. The van der Waals surface area contributed by atoms with Gasteiger partial charge >= 0.3 is 5.97 Å². The van der Waals surface area contributed by atoms with Crippen LogP contribution in [0.15, 0.2) is 42.5 Å². The van der Waals surface area contributed by atoms with Gasteiger partial charge in [0.25, 0.3) is 0 Å². The third-order valence-electron chi connectivity index (χ3n) is 2.89. The van der Waals surface area contributed by atoms with E-state index in [9.17, 15) is 9.18 Å². The number of carbonyl (C=O) groups is 1. The summed E-state index contributed by atoms with van der Waals surface area (Å²) in [4.78, 5) is 12.0. The van der Waals surface area contributed by atoms with Gasteiger partial charge in [-0.05, 0) is 29.8 Å². The summed E-state index contributed by atoms with van der Waals surface area (Å²) in [5.74, 6) is -1.08. The van der Waals surface area contributed by atoms with Gasteiger partial charge in [-0.15, -0.1) is 0 Å². The van der Waals surface area contributed by atoms with E-state index in [-0.39, 0.29) is 5.02 Å². The van der Waals surface area contributed by atoms with Crippen molar-refractivity contribution in [2.24, 2.45) is 0 Å². The lowest BCUT2D eigenvalue weighted by Crippen LogP contribution is -2.22. The van der Waals surface area contributed by atoms with Crippen molar-refractivity contribution in [3.05, 3.63) is 63.9 Å². The zero-order chi connectivity index (χ0) is 15.4. The van der Waals surface area contributed by atoms with Gasteiger partial charge < -0.3 is 10.1 Å². The molecule has 2 aromatic rings. The molecule has 0 aliphatic rings. The van der Waals surface area contributed by atoms with Crippen molar-refractivity contribution < 1.29 is 13.9 Å². The van der Waals surface area contributed by atoms with Crippen molar-refractivity contribution >= 4 is 34.9 Å². The molecule has 0 saturated carbocycles. The summed E-state index contributed by atoms with van der Waals surface area (Å²) in [6.45, 7) is 0. The quantitative estimate of drug-likeness (QED) is 0.842. The van der Waals surface area contributed by atoms with Gasteiger partial charge in [-0.1, -0.05) is 41.4 Å². The molecule has 0 amide bonds. The smallest absolute Gasteiger partial charge is 0.332 e. The predicted molar refractivity (Wildman–Crippen MR) is 81.2 cm³/mol. The van der Waals surface area contributed by atoms with E-state index in [1.54, 1.807) is 24.3 Å². The fourth-order valence-electron chi connectivity index (χ4n) is 1.82. The second-order valence-corrected chi connectivity index (χ2v) is 5.07. The lowest BCUT2D eigenvalue weighted by Gasteiger charge is -2.19. The van der Waals surface area contributed by atoms with E-state index in [0.29, 0.717) is 16.3 Å². The topological polar surface area (TPSA) is 38.3 Å². The summed E-state index contributed by atoms with van der Waals surface area (Å²) < 4.78 is 18.0. The van der Waals surface area contributed by atoms with Crippen LogP contribution < -0.4 is 5.32 Å². The van der Waals surface area contributed by atoms with Crippen LogP contribution in [0.4, 0.5) is 10.1 Å². The predicted octanol–water partition coefficient (Wildman–Crippen LogP) is 4.46. The maximum absolute atomic E-state index is 13.2. The SMILES string of the molecule is COC(=O)C(Nc1ccccc1Cl)c1ccc(F)c(Cl)c1. The summed E-state index contributed by atoms with van der Waals surface area (Å²) in [7, 11) is 1.27. The molecule has 1 atom stereocenters. The number of anilines is 1. The minimum absolute atomic E-state index is 0.0673. The first kappa shape index (κ1) is 15.6. The van der Waals surface area contributed by atoms with Gasteiger partial charge in [0.1, 0.15) is 5.82 Å². The normalized spacial score (nSPS) is 11.8. The molecule has 0 aromatic heterocycles. The van der Waals surface area contributed by atoms with Gasteiger partial charge in [-0.25, -0.2) is 9.18 Å². The molecule has 1 unspecified atom stereocenters. The summed E-state index contributed by atoms with van der Waals surface area (Å²) in [5, 5.41) is 3.36. The Morgan fingerprint density at radius 2 is 1.90 bits per heavy atom. The highest BCUT2D eigenvalue weighted by Crippen LogP contribution is 2.28. The molecular formula is C15H12Cl2FNO2. The summed E-state index contributed by atoms with van der Waals surface area (Å²) in [6.07, 6.45) is 0. The van der Waals surface area contributed by atoms with Crippen LogP contribution in [-0.4, -0.2) is 13.1 Å². The van der Waals surface area contributed by atoms with Gasteiger partial charge in [0.05, 0.1) is 22.8 Å². The van der Waals surface area contributed by atoms with E-state index >= 15 is 0 Å². The molecule has 0 radical (unpaired) electrons. The van der Waals surface area contributed by atoms with Gasteiger partial charge in [-0.2, -0.15) is 0 Å². The molecule has 0 aliphatic heterocycles. The number of hydrogen-bond donors (Lipinski definition) is 1. The number of para-hydroxylation sites is 1. The standard InChI is InChI=1S/C15H12Cl2FNO2/c1-21-15(20)14(9-6-7-12(18)11(17)8-9)19-13-5-3-2-4-10(13)16/h2-8,14,19H,1H3. The third kappa shape index (κ3) is 3.65. The fraction of sp³-hybridized carbons (Fsp3) is 0.133. The molecule has 2 rings (SSSR count). The number of rotatable bonds is 4. The van der Waals surface area contributed by atoms with E-state index in [2.05, 4.69) is 5.32 Å². The first-order valence-corrected chi connectivity index (χ1v) is 6.82. The maximum atomic E-state index is 13.2. The summed E-state index contributed by atoms with van der Waals surface area (Å²) >= 11 is 11.8. The average Bonchev–Trinajstić information content (AvgIpc) is 2.48. The number of nitrogens with one attached hydrogen (secondary N) is 1. The second-order valence-electron chi connectivity index (χ2n) is 4.25. The van der Waals surface area contributed by atoms with Gasteiger partial charge in [0.2, 0.25) is 0 Å². The Labute approximate surface area is 131 Å². The van der Waals surface area contributed by atoms with Crippen molar-refractivity contribution in [2.75, 3.05) is 12.4 Å². The number of esters is 1. The Hall–Kier alpha value is -1.78. The molecule has 2 aromatic carbocycles. The molecular weight excluding hydrogens is 316 g/mol. The van der Waals surface area contributed by atoms with E-state index in [0.717, 1.165) is 0 Å². The largest absolute Gasteiger partial charge is 0.467 e. The molecule has 0 heterocycles. The molecule has 0 spiro atoms. The first-order chi connectivity index (χ1) is 10.0. The van der Waals surface area contributed by atoms with Crippen LogP contribution in [-0.2, 0) is 9.53 Å². The van der Waals surface area contributed by atoms with Gasteiger partial charge in [-0.3, -0.25) is 0 Å². The van der Waals surface area contributed by atoms with Crippen molar-refractivity contribution in [1.29, 1.82) is 0 Å². The lowest BCUT2D eigenvalue weighted by molar-refractivity contribution is -0.141. The van der Waals surface area contributed by atoms with E-state index < -0.39 is 17.8 Å². The van der Waals surface area contributed by atoms with Crippen molar-refractivity contribution in [1.82, 2.24) is 0 Å². The highest BCUT2D eigenvalue weighted by Gasteiger charge is 2.23. The zero-order valence-electron chi connectivity index (χ0n) is 11.1. The molecule has 0 saturated heterocycles. The Morgan fingerprint density at radius 1 is 1.19 bits per heavy atom. The number of methoxy groups -OCH3 is 1. The lowest BCUT2D eigenvalue weighted by atomic mass is 10.1. The van der Waals surface area contributed by atoms with E-state index in [1.807, 2.05) is 0 Å². The average molecular weight is 328 g/mol. The Bertz CT molecular complexity index is 664. The number of halogens is 3. The minimum atomic E-state index is -0.840. The molecule has 0 aliphatic carbocycles. The number of ether oxygens (including phenoxy) is 1. The Balaban J connectivity index is 2.37. The van der Waals surface area contributed by atoms with Gasteiger partial charge in [0.15, 0.2) is 6.04 Å². The van der Waals surface area contributed by atoms with Crippen LogP contribution in [0.3, 0.4) is 0 Å². The van der Waals surface area contributed by atoms with Crippen LogP contribution in [0.1, 0.15) is 11.6 Å². The first-order valence-electron chi connectivity index (χ1n) is 6.06. The number of carbonyl (C=O) groups excluding carboxylic acids is 1. The minimum Gasteiger partial charge on any atom is -0.467 e. The van der Waals surface area contributed by atoms with Crippen LogP contribution in [0.2, 0.25) is 10.0 Å². The van der Waals surface area contributed by atoms with Crippen LogP contribution >= 0.6 is 23.2 Å². The van der Waals surface area contributed by atoms with E-state index in [4.69, 9.17) is 27.9 Å². The molecule has 110 valence electrons. The molecule has 0 fully saturated rings. The highest BCUT2D eigenvalue weighted by atomic mass is 35.5. The summed E-state index contributed by atoms with van der Waals surface area (Å²) in [6, 6.07) is 10.2. The van der Waals surface area contributed by atoms with E-state index in [1.165, 1.54) is 25.3 Å². The number of benzene rings is 2. The van der Waals surface area contributed by atoms with Crippen LogP contribution in [0, 0.1) is 5.82 Å². The maximum Gasteiger partial charge on any atom is 0.332 e. The highest BCUT2D eigenvalue weighted by molar-refractivity contribution is 6.33. The fourth-order valence-corrected chi connectivity index (χ4v) is 2.20. The molecule has 0 bridgehead atoms. The van der Waals surface area contributed by atoms with Crippen LogP contribution in [0.25, 0.3) is 0 Å². The zero-order valence-corrected chi connectivity index (χ0v) is 12.6. The van der Waals surface area contributed by atoms with Crippen LogP contribution in [0.5, 0.6) is 0 Å². The van der Waals surface area contributed by atoms with Crippen molar-refractivity contribution in [2.45, 2.75) is 6.04 Å². The second kappa shape index (κ2) is 6.78. The Morgan fingerprint density at radius 3 is 2.52 bits per heavy atom. The van der Waals surface area contributed by atoms with Crippen molar-refractivity contribution in [3.8, 4) is 0 Å². The monoisotopic (exact) mass is 327 g/mol. The molecule has 21 heavy (non-hydrogen) atoms. The van der Waals surface area contributed by atoms with Crippen molar-refractivity contribution in [3.63, 3.8) is 0 Å².